The van der Waals surface area contributed by atoms with E-state index < -0.39 is 0 Å². The quantitative estimate of drug-likeness (QED) is 0.804. The van der Waals surface area contributed by atoms with E-state index in [9.17, 15) is 0 Å². The van der Waals surface area contributed by atoms with Crippen molar-refractivity contribution < 1.29 is 9.57 Å². The predicted octanol–water partition coefficient (Wildman–Crippen LogP) is 3.38. The van der Waals surface area contributed by atoms with E-state index in [1.54, 1.807) is 6.26 Å². The number of hydrogen-bond donors (Lipinski definition) is 0. The van der Waals surface area contributed by atoms with Crippen LogP contribution in [0.25, 0.3) is 0 Å². The Labute approximate surface area is 133 Å². The van der Waals surface area contributed by atoms with Crippen molar-refractivity contribution in [2.45, 2.75) is 39.2 Å². The molecule has 2 heterocycles. The summed E-state index contributed by atoms with van der Waals surface area (Å²) in [5.41, 5.74) is 2.42. The van der Waals surface area contributed by atoms with E-state index in [0.717, 1.165) is 44.1 Å². The Hall–Kier alpha value is -1.68. The van der Waals surface area contributed by atoms with Gasteiger partial charge in [-0.15, -0.1) is 0 Å². The molecule has 2 aliphatic rings. The average Bonchev–Trinajstić information content (AvgIpc) is 3.08. The molecule has 0 N–H and O–H groups in total. The molecule has 4 heteroatoms. The minimum absolute atomic E-state index is 0.462. The van der Waals surface area contributed by atoms with Crippen LogP contribution in [0.2, 0.25) is 0 Å². The second-order valence-electron chi connectivity index (χ2n) is 6.00. The lowest BCUT2D eigenvalue weighted by Gasteiger charge is -2.36. The molecule has 1 aromatic rings. The predicted molar refractivity (Wildman–Crippen MR) is 89.2 cm³/mol. The Morgan fingerprint density at radius 3 is 2.73 bits per heavy atom. The number of nitrogens with zero attached hydrogens (tertiary/aromatic N) is 2. The summed E-state index contributed by atoms with van der Waals surface area (Å²) in [4.78, 5) is 8.15. The van der Waals surface area contributed by atoms with Gasteiger partial charge in [-0.25, -0.2) is 5.06 Å². The van der Waals surface area contributed by atoms with E-state index in [4.69, 9.17) is 9.57 Å². The van der Waals surface area contributed by atoms with Gasteiger partial charge >= 0.3 is 0 Å². The van der Waals surface area contributed by atoms with Crippen LogP contribution in [-0.4, -0.2) is 37.2 Å². The molecule has 22 heavy (non-hydrogen) atoms. The molecule has 0 aliphatic carbocycles. The first-order valence-corrected chi connectivity index (χ1v) is 8.41. The van der Waals surface area contributed by atoms with E-state index >= 15 is 0 Å². The van der Waals surface area contributed by atoms with E-state index in [2.05, 4.69) is 30.9 Å². The minimum atomic E-state index is 0.462. The van der Waals surface area contributed by atoms with Gasteiger partial charge in [0, 0.05) is 11.6 Å². The van der Waals surface area contributed by atoms with Crippen LogP contribution in [0, 0.1) is 0 Å². The SMILES string of the molecule is CCCN(CCC)C1COc2cccc(N3CC=CO3)c2C1. The third-order valence-corrected chi connectivity index (χ3v) is 4.34. The third kappa shape index (κ3) is 3.07. The molecule has 0 spiro atoms. The molecule has 0 radical (unpaired) electrons. The fraction of sp³-hybridized carbons (Fsp3) is 0.556. The van der Waals surface area contributed by atoms with Gasteiger partial charge in [0.05, 0.1) is 12.2 Å². The zero-order valence-electron chi connectivity index (χ0n) is 13.6. The zero-order chi connectivity index (χ0) is 15.4. The van der Waals surface area contributed by atoms with Crippen LogP contribution >= 0.6 is 0 Å². The van der Waals surface area contributed by atoms with Crippen LogP contribution in [0.15, 0.2) is 30.5 Å². The molecule has 1 atom stereocenters. The molecule has 0 bridgehead atoms. The van der Waals surface area contributed by atoms with Crippen LogP contribution in [0.3, 0.4) is 0 Å². The average molecular weight is 302 g/mol. The van der Waals surface area contributed by atoms with E-state index in [0.29, 0.717) is 6.04 Å². The molecule has 1 unspecified atom stereocenters. The molecule has 0 saturated heterocycles. The van der Waals surface area contributed by atoms with Gasteiger partial charge < -0.3 is 9.57 Å². The molecule has 0 aromatic heterocycles. The van der Waals surface area contributed by atoms with Gasteiger partial charge in [0.1, 0.15) is 18.6 Å². The van der Waals surface area contributed by atoms with Crippen LogP contribution in [-0.2, 0) is 11.3 Å². The molecule has 4 nitrogen and oxygen atoms in total. The molecule has 0 fully saturated rings. The van der Waals surface area contributed by atoms with Crippen LogP contribution in [0.4, 0.5) is 5.69 Å². The molecular formula is C18H26N2O2. The number of fused-ring (bicyclic) bond motifs is 1. The van der Waals surface area contributed by atoms with Crippen molar-refractivity contribution in [2.24, 2.45) is 0 Å². The van der Waals surface area contributed by atoms with Gasteiger partial charge in [0.15, 0.2) is 0 Å². The largest absolute Gasteiger partial charge is 0.492 e. The number of rotatable bonds is 6. The maximum absolute atomic E-state index is 6.07. The highest BCUT2D eigenvalue weighted by Crippen LogP contribution is 2.35. The van der Waals surface area contributed by atoms with Crippen molar-refractivity contribution >= 4 is 5.69 Å². The lowest BCUT2D eigenvalue weighted by atomic mass is 9.99. The van der Waals surface area contributed by atoms with Crippen molar-refractivity contribution in [1.29, 1.82) is 0 Å². The first kappa shape index (κ1) is 15.2. The highest BCUT2D eigenvalue weighted by Gasteiger charge is 2.28. The number of hydroxylamine groups is 1. The van der Waals surface area contributed by atoms with Gasteiger partial charge in [0.2, 0.25) is 0 Å². The fourth-order valence-corrected chi connectivity index (χ4v) is 3.35. The van der Waals surface area contributed by atoms with Crippen LogP contribution in [0.5, 0.6) is 5.75 Å². The summed E-state index contributed by atoms with van der Waals surface area (Å²) < 4.78 is 6.07. The number of anilines is 1. The third-order valence-electron chi connectivity index (χ3n) is 4.34. The Morgan fingerprint density at radius 1 is 1.23 bits per heavy atom. The monoisotopic (exact) mass is 302 g/mol. The molecule has 0 saturated carbocycles. The van der Waals surface area contributed by atoms with E-state index in [1.807, 2.05) is 17.2 Å². The molecule has 0 amide bonds. The van der Waals surface area contributed by atoms with Gasteiger partial charge in [0.25, 0.3) is 0 Å². The smallest absolute Gasteiger partial charge is 0.124 e. The van der Waals surface area contributed by atoms with E-state index in [-0.39, 0.29) is 0 Å². The summed E-state index contributed by atoms with van der Waals surface area (Å²) in [5.74, 6) is 1.01. The first-order chi connectivity index (χ1) is 10.8. The second-order valence-corrected chi connectivity index (χ2v) is 6.00. The van der Waals surface area contributed by atoms with Gasteiger partial charge in [-0.05, 0) is 50.6 Å². The summed E-state index contributed by atoms with van der Waals surface area (Å²) in [7, 11) is 0. The maximum Gasteiger partial charge on any atom is 0.124 e. The molecule has 3 rings (SSSR count). The van der Waals surface area contributed by atoms with Crippen molar-refractivity contribution in [3.05, 3.63) is 36.1 Å². The first-order valence-electron chi connectivity index (χ1n) is 8.41. The number of benzene rings is 1. The highest BCUT2D eigenvalue weighted by atomic mass is 16.7. The van der Waals surface area contributed by atoms with Crippen molar-refractivity contribution in [2.75, 3.05) is 31.3 Å². The standard InChI is InChI=1S/C18H26N2O2/c1-3-9-19(10-4-2)15-13-16-17(20-11-6-12-22-20)7-5-8-18(16)21-14-15/h5-8,12,15H,3-4,9-11,13-14H2,1-2H3. The van der Waals surface area contributed by atoms with Gasteiger partial charge in [-0.2, -0.15) is 0 Å². The maximum atomic E-state index is 6.07. The van der Waals surface area contributed by atoms with E-state index in [1.165, 1.54) is 18.4 Å². The molecule has 1 aromatic carbocycles. The lowest BCUT2D eigenvalue weighted by molar-refractivity contribution is 0.118. The van der Waals surface area contributed by atoms with Gasteiger partial charge in [-0.1, -0.05) is 19.9 Å². The second kappa shape index (κ2) is 7.05. The van der Waals surface area contributed by atoms with Crippen LogP contribution in [0.1, 0.15) is 32.3 Å². The van der Waals surface area contributed by atoms with Crippen molar-refractivity contribution in [1.82, 2.24) is 4.90 Å². The lowest BCUT2D eigenvalue weighted by Crippen LogP contribution is -2.44. The Morgan fingerprint density at radius 2 is 2.05 bits per heavy atom. The summed E-state index contributed by atoms with van der Waals surface area (Å²) in [6.07, 6.45) is 7.18. The summed E-state index contributed by atoms with van der Waals surface area (Å²) >= 11 is 0. The minimum Gasteiger partial charge on any atom is -0.492 e. The molecule has 2 aliphatic heterocycles. The molecule has 120 valence electrons. The van der Waals surface area contributed by atoms with Gasteiger partial charge in [-0.3, -0.25) is 4.90 Å². The number of hydrogen-bond acceptors (Lipinski definition) is 4. The Balaban J connectivity index is 1.81. The summed E-state index contributed by atoms with van der Waals surface area (Å²) in [5, 5.41) is 1.94. The van der Waals surface area contributed by atoms with Crippen LogP contribution < -0.4 is 9.80 Å². The zero-order valence-corrected chi connectivity index (χ0v) is 13.6. The topological polar surface area (TPSA) is 24.9 Å². The summed E-state index contributed by atoms with van der Waals surface area (Å²) in [6.45, 7) is 8.36. The number of ether oxygens (including phenoxy) is 1. The fourth-order valence-electron chi connectivity index (χ4n) is 3.35. The normalized spacial score (nSPS) is 20.0. The van der Waals surface area contributed by atoms with Crippen molar-refractivity contribution in [3.8, 4) is 5.75 Å². The van der Waals surface area contributed by atoms with Crippen molar-refractivity contribution in [3.63, 3.8) is 0 Å². The molecular weight excluding hydrogens is 276 g/mol. The Kier molecular flexibility index (Phi) is 4.88. The Bertz CT molecular complexity index is 516. The highest BCUT2D eigenvalue weighted by molar-refractivity contribution is 5.59. The summed E-state index contributed by atoms with van der Waals surface area (Å²) in [6, 6.07) is 6.71.